The Bertz CT molecular complexity index is 1320. The van der Waals surface area contributed by atoms with Gasteiger partial charge in [0, 0.05) is 13.1 Å². The van der Waals surface area contributed by atoms with Crippen molar-refractivity contribution >= 4 is 27.5 Å². The highest BCUT2D eigenvalue weighted by molar-refractivity contribution is 7.92. The molecule has 3 aromatic rings. The number of carbonyl (C=O) groups excluding carboxylic acids is 2. The van der Waals surface area contributed by atoms with Gasteiger partial charge in [0.25, 0.3) is 10.0 Å². The molecule has 0 aliphatic heterocycles. The molecule has 1 atom stereocenters. The monoisotopic (exact) mass is 511 g/mol. The van der Waals surface area contributed by atoms with Gasteiger partial charge in [-0.1, -0.05) is 60.2 Å². The number of hydrogen-bond acceptors (Lipinski definition) is 4. The van der Waals surface area contributed by atoms with Crippen LogP contribution in [0.5, 0.6) is 0 Å². The Balaban J connectivity index is 2.03. The zero-order chi connectivity index (χ0) is 26.3. The van der Waals surface area contributed by atoms with E-state index in [1.165, 1.54) is 35.2 Å². The lowest BCUT2D eigenvalue weighted by Gasteiger charge is -2.32. The largest absolute Gasteiger partial charge is 0.355 e. The predicted octanol–water partition coefficient (Wildman–Crippen LogP) is 3.88. The first-order chi connectivity index (χ1) is 17.1. The molecule has 0 aliphatic rings. The summed E-state index contributed by atoms with van der Waals surface area (Å²) in [6, 6.07) is 19.5. The summed E-state index contributed by atoms with van der Waals surface area (Å²) in [5.74, 6) is -1.80. The summed E-state index contributed by atoms with van der Waals surface area (Å²) in [5.41, 5.74) is 1.50. The van der Waals surface area contributed by atoms with Crippen LogP contribution in [0.25, 0.3) is 0 Å². The molecule has 0 aromatic heterocycles. The molecule has 0 fully saturated rings. The van der Waals surface area contributed by atoms with Crippen LogP contribution in [0.1, 0.15) is 25.0 Å². The number of anilines is 1. The van der Waals surface area contributed by atoms with Crippen LogP contribution in [0, 0.1) is 12.7 Å². The Morgan fingerprint density at radius 3 is 2.28 bits per heavy atom. The average molecular weight is 512 g/mol. The van der Waals surface area contributed by atoms with Gasteiger partial charge in [-0.2, -0.15) is 0 Å². The normalized spacial score (nSPS) is 12.0. The van der Waals surface area contributed by atoms with Crippen molar-refractivity contribution in [3.05, 3.63) is 95.8 Å². The number of rotatable bonds is 10. The first kappa shape index (κ1) is 26.9. The van der Waals surface area contributed by atoms with E-state index in [4.69, 9.17) is 0 Å². The second kappa shape index (κ2) is 11.8. The molecule has 0 saturated heterocycles. The van der Waals surface area contributed by atoms with Gasteiger partial charge in [0.15, 0.2) is 0 Å². The number of benzene rings is 3. The number of sulfonamides is 1. The van der Waals surface area contributed by atoms with Gasteiger partial charge in [0.05, 0.1) is 10.6 Å². The molecule has 1 N–H and O–H groups in total. The molecule has 0 spiro atoms. The minimum atomic E-state index is -4.30. The molecule has 1 unspecified atom stereocenters. The van der Waals surface area contributed by atoms with Crippen molar-refractivity contribution < 1.29 is 22.4 Å². The van der Waals surface area contributed by atoms with Crippen molar-refractivity contribution in [1.29, 1.82) is 0 Å². The highest BCUT2D eigenvalue weighted by Gasteiger charge is 2.33. The topological polar surface area (TPSA) is 86.8 Å². The summed E-state index contributed by atoms with van der Waals surface area (Å²) in [6.07, 6.45) is 0. The number of nitrogens with zero attached hydrogens (tertiary/aromatic N) is 2. The van der Waals surface area contributed by atoms with E-state index in [1.54, 1.807) is 32.0 Å². The quantitative estimate of drug-likeness (QED) is 0.448. The first-order valence-corrected chi connectivity index (χ1v) is 13.0. The molecule has 0 radical (unpaired) electrons. The summed E-state index contributed by atoms with van der Waals surface area (Å²) in [5, 5.41) is 2.70. The molecule has 0 aliphatic carbocycles. The molecule has 36 heavy (non-hydrogen) atoms. The van der Waals surface area contributed by atoms with E-state index < -0.39 is 34.3 Å². The van der Waals surface area contributed by atoms with Crippen LogP contribution in [0.2, 0.25) is 0 Å². The SMILES string of the molecule is CCNC(=O)C(C)N(Cc1cccc(C)c1)C(=O)CN(c1ccccc1F)S(=O)(=O)c1ccccc1. The van der Waals surface area contributed by atoms with Crippen molar-refractivity contribution in [2.24, 2.45) is 0 Å². The molecular formula is C27H30FN3O4S. The maximum absolute atomic E-state index is 14.8. The number of nitrogens with one attached hydrogen (secondary N) is 1. The van der Waals surface area contributed by atoms with E-state index >= 15 is 0 Å². The molecule has 0 heterocycles. The van der Waals surface area contributed by atoms with Crippen LogP contribution in [-0.2, 0) is 26.2 Å². The summed E-state index contributed by atoms with van der Waals surface area (Å²) in [4.78, 5) is 27.6. The van der Waals surface area contributed by atoms with E-state index in [0.717, 1.165) is 21.5 Å². The fraction of sp³-hybridized carbons (Fsp3) is 0.259. The van der Waals surface area contributed by atoms with Gasteiger partial charge in [-0.3, -0.25) is 13.9 Å². The third-order valence-corrected chi connectivity index (χ3v) is 7.46. The van der Waals surface area contributed by atoms with Crippen LogP contribution in [0.4, 0.5) is 10.1 Å². The second-order valence-electron chi connectivity index (χ2n) is 8.36. The molecule has 3 aromatic carbocycles. The molecule has 2 amide bonds. The Morgan fingerprint density at radius 2 is 1.64 bits per heavy atom. The molecule has 190 valence electrons. The molecule has 9 heteroatoms. The lowest BCUT2D eigenvalue weighted by Crippen LogP contribution is -2.51. The second-order valence-corrected chi connectivity index (χ2v) is 10.2. The van der Waals surface area contributed by atoms with Crippen LogP contribution >= 0.6 is 0 Å². The Labute approximate surface area is 211 Å². The Hall–Kier alpha value is -3.72. The maximum Gasteiger partial charge on any atom is 0.264 e. The molecular weight excluding hydrogens is 481 g/mol. The molecule has 0 bridgehead atoms. The predicted molar refractivity (Wildman–Crippen MR) is 137 cm³/mol. The van der Waals surface area contributed by atoms with Gasteiger partial charge in [0.2, 0.25) is 11.8 Å². The molecule has 7 nitrogen and oxygen atoms in total. The van der Waals surface area contributed by atoms with Gasteiger partial charge in [-0.05, 0) is 50.6 Å². The summed E-state index contributed by atoms with van der Waals surface area (Å²) >= 11 is 0. The van der Waals surface area contributed by atoms with Crippen LogP contribution in [0.3, 0.4) is 0 Å². The van der Waals surface area contributed by atoms with Gasteiger partial charge >= 0.3 is 0 Å². The molecule has 0 saturated carbocycles. The third-order valence-electron chi connectivity index (χ3n) is 5.68. The number of aryl methyl sites for hydroxylation is 1. The van der Waals surface area contributed by atoms with Crippen LogP contribution in [0.15, 0.2) is 83.8 Å². The maximum atomic E-state index is 14.8. The third kappa shape index (κ3) is 6.28. The van der Waals surface area contributed by atoms with E-state index in [0.29, 0.717) is 6.54 Å². The van der Waals surface area contributed by atoms with Gasteiger partial charge in [-0.25, -0.2) is 12.8 Å². The van der Waals surface area contributed by atoms with Gasteiger partial charge in [0.1, 0.15) is 18.4 Å². The van der Waals surface area contributed by atoms with Crippen molar-refractivity contribution in [2.45, 2.75) is 38.3 Å². The minimum Gasteiger partial charge on any atom is -0.355 e. The van der Waals surface area contributed by atoms with E-state index in [-0.39, 0.29) is 23.0 Å². The summed E-state index contributed by atoms with van der Waals surface area (Å²) < 4.78 is 42.7. The smallest absolute Gasteiger partial charge is 0.264 e. The number of carbonyl (C=O) groups is 2. The number of hydrogen-bond donors (Lipinski definition) is 1. The van der Waals surface area contributed by atoms with Crippen molar-refractivity contribution in [1.82, 2.24) is 10.2 Å². The number of amides is 2. The summed E-state index contributed by atoms with van der Waals surface area (Å²) in [7, 11) is -4.30. The van der Waals surface area contributed by atoms with E-state index in [2.05, 4.69) is 5.32 Å². The number of likely N-dealkylation sites (N-methyl/N-ethyl adjacent to an activating group) is 1. The fourth-order valence-corrected chi connectivity index (χ4v) is 5.24. The fourth-order valence-electron chi connectivity index (χ4n) is 3.80. The Morgan fingerprint density at radius 1 is 0.972 bits per heavy atom. The van der Waals surface area contributed by atoms with Gasteiger partial charge in [-0.15, -0.1) is 0 Å². The highest BCUT2D eigenvalue weighted by Crippen LogP contribution is 2.26. The summed E-state index contributed by atoms with van der Waals surface area (Å²) in [6.45, 7) is 5.03. The van der Waals surface area contributed by atoms with Crippen LogP contribution < -0.4 is 9.62 Å². The van der Waals surface area contributed by atoms with E-state index in [9.17, 15) is 22.4 Å². The lowest BCUT2D eigenvalue weighted by atomic mass is 10.1. The number of para-hydroxylation sites is 1. The Kier molecular flexibility index (Phi) is 8.82. The zero-order valence-electron chi connectivity index (χ0n) is 20.5. The number of halogens is 1. The molecule has 3 rings (SSSR count). The highest BCUT2D eigenvalue weighted by atomic mass is 32.2. The van der Waals surface area contributed by atoms with Crippen molar-refractivity contribution in [3.63, 3.8) is 0 Å². The van der Waals surface area contributed by atoms with E-state index in [1.807, 2.05) is 31.2 Å². The minimum absolute atomic E-state index is 0.0787. The van der Waals surface area contributed by atoms with Crippen LogP contribution in [-0.4, -0.2) is 44.3 Å². The standard InChI is InChI=1S/C27H30FN3O4S/c1-4-29-27(33)21(3)30(18-22-12-10-11-20(2)17-22)26(32)19-31(25-16-9-8-15-24(25)28)36(34,35)23-13-6-5-7-14-23/h5-17,21H,4,18-19H2,1-3H3,(H,29,33). The van der Waals surface area contributed by atoms with Crippen molar-refractivity contribution in [2.75, 3.05) is 17.4 Å². The average Bonchev–Trinajstić information content (AvgIpc) is 2.86. The van der Waals surface area contributed by atoms with Gasteiger partial charge < -0.3 is 10.2 Å². The van der Waals surface area contributed by atoms with Crippen molar-refractivity contribution in [3.8, 4) is 0 Å². The zero-order valence-corrected chi connectivity index (χ0v) is 21.3. The first-order valence-electron chi connectivity index (χ1n) is 11.6. The lowest BCUT2D eigenvalue weighted by molar-refractivity contribution is -0.139.